The van der Waals surface area contributed by atoms with E-state index in [0.717, 1.165) is 30.4 Å². The Bertz CT molecular complexity index is 1810. The Morgan fingerprint density at radius 1 is 0.983 bits per heavy atom. The summed E-state index contributed by atoms with van der Waals surface area (Å²) in [6, 6.07) is 3.47. The molecule has 58 heavy (non-hydrogen) atoms. The second kappa shape index (κ2) is 19.1. The molecule has 2 fully saturated rings. The van der Waals surface area contributed by atoms with Gasteiger partial charge < -0.3 is 35.8 Å². The predicted molar refractivity (Wildman–Crippen MR) is 220 cm³/mol. The maximum absolute atomic E-state index is 14.7. The molecule has 6 amide bonds. The number of nitrogens with zero attached hydrogens (tertiary/aromatic N) is 2. The third-order valence-corrected chi connectivity index (χ3v) is 14.1. The number of Topliss-reactive ketones (excluding diaryl/α,β-unsaturated/α-hetero) is 1. The minimum absolute atomic E-state index is 0.0558. The number of carbonyl (C=O) groups excluding carboxylic acids is 6. The van der Waals surface area contributed by atoms with Crippen molar-refractivity contribution >= 4 is 45.5 Å². The van der Waals surface area contributed by atoms with Crippen LogP contribution in [-0.2, 0) is 46.7 Å². The quantitative estimate of drug-likeness (QED) is 0.159. The number of likely N-dealkylation sites (tertiary alicyclic amines) is 1. The van der Waals surface area contributed by atoms with Crippen LogP contribution in [0.15, 0.2) is 36.9 Å². The van der Waals surface area contributed by atoms with Gasteiger partial charge in [0.05, 0.1) is 28.6 Å². The molecule has 2 heterocycles. The first kappa shape index (κ1) is 46.2. The van der Waals surface area contributed by atoms with E-state index in [0.29, 0.717) is 38.8 Å². The van der Waals surface area contributed by atoms with Gasteiger partial charge in [-0.3, -0.25) is 19.2 Å². The van der Waals surface area contributed by atoms with E-state index in [1.54, 1.807) is 53.4 Å². The summed E-state index contributed by atoms with van der Waals surface area (Å²) in [7, 11) is -3.63. The first-order valence-corrected chi connectivity index (χ1v) is 22.1. The number of ketones is 1. The fourth-order valence-electron chi connectivity index (χ4n) is 7.82. The third-order valence-electron chi connectivity index (χ3n) is 11.3. The first-order valence-electron chi connectivity index (χ1n) is 20.5. The molecule has 0 radical (unpaired) electrons. The Balaban J connectivity index is 1.60. The van der Waals surface area contributed by atoms with Crippen LogP contribution in [-0.4, -0.2) is 114 Å². The second-order valence-corrected chi connectivity index (χ2v) is 20.8. The topological polar surface area (TPSA) is 200 Å². The number of hydrogen-bond acceptors (Lipinski definition) is 9. The van der Waals surface area contributed by atoms with E-state index in [9.17, 15) is 37.2 Å². The van der Waals surface area contributed by atoms with Gasteiger partial charge in [-0.1, -0.05) is 83.7 Å². The number of benzene rings is 1. The maximum Gasteiger partial charge on any atom is 0.410 e. The summed E-state index contributed by atoms with van der Waals surface area (Å²) >= 11 is 0. The number of fused-ring (bicyclic) bond motifs is 1. The zero-order valence-electron chi connectivity index (χ0n) is 35.3. The number of rotatable bonds is 14. The molecule has 1 aromatic carbocycles. The SMILES string of the molecule is C=CCNC(=O)C(=O)C(CCC)NC(=O)C1C[C@@H](OC(=O)N2CCc3ccccc3C2)CN1C(=O)[C@@H](NC(=O)NC1(CS(=O)(=O)C(C)(C)C)CCCCC1)C(C)(C)C. The van der Waals surface area contributed by atoms with Gasteiger partial charge in [-0.05, 0) is 63.0 Å². The number of nitrogens with one attached hydrogen (secondary N) is 4. The highest BCUT2D eigenvalue weighted by molar-refractivity contribution is 7.92. The molecule has 322 valence electrons. The highest BCUT2D eigenvalue weighted by Crippen LogP contribution is 2.33. The summed E-state index contributed by atoms with van der Waals surface area (Å²) in [6.45, 7) is 16.1. The molecule has 15 nitrogen and oxygen atoms in total. The summed E-state index contributed by atoms with van der Waals surface area (Å²) in [5.74, 6) is -3.33. The standard InChI is InChI=1S/C42H64N6O9S/c1-9-16-31(33(49)36(51)43-22-10-2)44-35(50)32-24-30(57-39(54)47-23-19-28-17-12-13-18-29(28)25-47)26-48(32)37(52)34(40(3,4)5)45-38(53)46-42(20-14-11-15-21-42)27-58(55,56)41(6,7)8/h10,12-13,17-18,30-32,34H,2,9,11,14-16,19-27H2,1,3-8H3,(H,43,51)(H,44,50)(H2,45,46,53)/t30-,31?,32?,34-/m1/s1. The molecule has 2 unspecified atom stereocenters. The van der Waals surface area contributed by atoms with Crippen molar-refractivity contribution in [1.82, 2.24) is 31.1 Å². The van der Waals surface area contributed by atoms with Gasteiger partial charge in [-0.2, -0.15) is 0 Å². The smallest absolute Gasteiger partial charge is 0.410 e. The van der Waals surface area contributed by atoms with Crippen molar-refractivity contribution in [2.24, 2.45) is 5.41 Å². The molecule has 16 heteroatoms. The zero-order valence-corrected chi connectivity index (χ0v) is 36.1. The van der Waals surface area contributed by atoms with E-state index in [1.165, 1.54) is 11.0 Å². The summed E-state index contributed by atoms with van der Waals surface area (Å²) in [6.07, 6.45) is 4.35. The zero-order chi connectivity index (χ0) is 43.1. The molecule has 1 saturated heterocycles. The summed E-state index contributed by atoms with van der Waals surface area (Å²) < 4.78 is 31.8. The van der Waals surface area contributed by atoms with Crippen molar-refractivity contribution in [3.63, 3.8) is 0 Å². The predicted octanol–water partition coefficient (Wildman–Crippen LogP) is 3.94. The van der Waals surface area contributed by atoms with Crippen LogP contribution in [0.1, 0.15) is 111 Å². The van der Waals surface area contributed by atoms with Crippen molar-refractivity contribution in [2.75, 3.05) is 25.4 Å². The van der Waals surface area contributed by atoms with Crippen LogP contribution in [0.4, 0.5) is 9.59 Å². The minimum Gasteiger partial charge on any atom is -0.444 e. The molecular weight excluding hydrogens is 765 g/mol. The fraction of sp³-hybridized carbons (Fsp3) is 0.667. The summed E-state index contributed by atoms with van der Waals surface area (Å²) in [5, 5.41) is 10.9. The highest BCUT2D eigenvalue weighted by atomic mass is 32.2. The van der Waals surface area contributed by atoms with Gasteiger partial charge in [0, 0.05) is 26.1 Å². The van der Waals surface area contributed by atoms with Gasteiger partial charge in [0.2, 0.25) is 17.6 Å². The minimum atomic E-state index is -3.63. The average Bonchev–Trinajstić information content (AvgIpc) is 3.58. The number of hydrogen-bond donors (Lipinski definition) is 4. The Morgan fingerprint density at radius 3 is 2.24 bits per heavy atom. The van der Waals surface area contributed by atoms with Crippen LogP contribution >= 0.6 is 0 Å². The van der Waals surface area contributed by atoms with Gasteiger partial charge in [0.1, 0.15) is 18.2 Å². The third kappa shape index (κ3) is 11.6. The number of sulfone groups is 1. The van der Waals surface area contributed by atoms with Crippen molar-refractivity contribution in [2.45, 2.75) is 147 Å². The van der Waals surface area contributed by atoms with Crippen LogP contribution in [0.2, 0.25) is 0 Å². The van der Waals surface area contributed by atoms with E-state index in [1.807, 2.05) is 24.3 Å². The fourth-order valence-corrected chi connectivity index (χ4v) is 9.34. The molecular formula is C42H64N6O9S. The van der Waals surface area contributed by atoms with Crippen molar-refractivity contribution in [1.29, 1.82) is 0 Å². The monoisotopic (exact) mass is 828 g/mol. The van der Waals surface area contributed by atoms with Crippen LogP contribution in [0, 0.1) is 5.41 Å². The summed E-state index contributed by atoms with van der Waals surface area (Å²) in [5.41, 5.74) is 0.193. The molecule has 1 aromatic rings. The Labute approximate surface area is 343 Å². The van der Waals surface area contributed by atoms with Crippen LogP contribution < -0.4 is 21.3 Å². The normalized spacial score (nSPS) is 20.5. The van der Waals surface area contributed by atoms with Gasteiger partial charge in [0.15, 0.2) is 9.84 Å². The van der Waals surface area contributed by atoms with Crippen LogP contribution in [0.25, 0.3) is 0 Å². The lowest BCUT2D eigenvalue weighted by molar-refractivity contribution is -0.143. The second-order valence-electron chi connectivity index (χ2n) is 18.0. The Hall–Kier alpha value is -4.47. The number of urea groups is 1. The molecule has 1 aliphatic carbocycles. The molecule has 3 aliphatic rings. The number of ether oxygens (including phenoxy) is 1. The molecule has 2 aliphatic heterocycles. The lowest BCUT2D eigenvalue weighted by Crippen LogP contribution is -2.63. The van der Waals surface area contributed by atoms with Crippen molar-refractivity contribution < 1.29 is 41.9 Å². The maximum atomic E-state index is 14.7. The lowest BCUT2D eigenvalue weighted by Gasteiger charge is -2.41. The van der Waals surface area contributed by atoms with E-state index >= 15 is 0 Å². The summed E-state index contributed by atoms with van der Waals surface area (Å²) in [4.78, 5) is 85.0. The van der Waals surface area contributed by atoms with Crippen molar-refractivity contribution in [3.8, 4) is 0 Å². The largest absolute Gasteiger partial charge is 0.444 e. The lowest BCUT2D eigenvalue weighted by atomic mass is 9.83. The van der Waals surface area contributed by atoms with Gasteiger partial charge in [0.25, 0.3) is 5.91 Å². The highest BCUT2D eigenvalue weighted by Gasteiger charge is 2.48. The molecule has 4 rings (SSSR count). The van der Waals surface area contributed by atoms with Gasteiger partial charge in [-0.15, -0.1) is 6.58 Å². The molecule has 0 spiro atoms. The number of amides is 6. The molecule has 4 atom stereocenters. The molecule has 4 N–H and O–H groups in total. The van der Waals surface area contributed by atoms with Crippen molar-refractivity contribution in [3.05, 3.63) is 48.0 Å². The first-order chi connectivity index (χ1) is 27.1. The van der Waals surface area contributed by atoms with E-state index in [4.69, 9.17) is 4.74 Å². The van der Waals surface area contributed by atoms with Gasteiger partial charge in [-0.25, -0.2) is 18.0 Å². The van der Waals surface area contributed by atoms with Gasteiger partial charge >= 0.3 is 12.1 Å². The molecule has 0 bridgehead atoms. The number of carbonyl (C=O) groups is 6. The van der Waals surface area contributed by atoms with Crippen LogP contribution in [0.5, 0.6) is 0 Å². The van der Waals surface area contributed by atoms with E-state index in [-0.39, 0.29) is 31.7 Å². The van der Waals surface area contributed by atoms with E-state index < -0.39 is 85.4 Å². The Kier molecular flexibility index (Phi) is 15.2. The van der Waals surface area contributed by atoms with Crippen LogP contribution in [0.3, 0.4) is 0 Å². The molecule has 0 aromatic heterocycles. The Morgan fingerprint density at radius 2 is 1.64 bits per heavy atom. The molecule has 1 saturated carbocycles. The average molecular weight is 829 g/mol. The van der Waals surface area contributed by atoms with E-state index in [2.05, 4.69) is 27.8 Å².